The van der Waals surface area contributed by atoms with Crippen LogP contribution in [0.1, 0.15) is 0 Å². The van der Waals surface area contributed by atoms with E-state index in [1.807, 2.05) is 6.01 Å². The molecule has 0 amide bonds. The predicted octanol–water partition coefficient (Wildman–Crippen LogP) is 3.38. The van der Waals surface area contributed by atoms with Crippen LogP contribution in [0.15, 0.2) is 23.2 Å². The number of nitrogens with zero attached hydrogens (tertiary/aromatic N) is 1. The number of nitrogens with one attached hydrogen (secondary N) is 1. The first kappa shape index (κ1) is 8.28. The fraction of sp³-hybridized carbons (Fsp3) is 0. The van der Waals surface area contributed by atoms with Crippen molar-refractivity contribution >= 4 is 34.9 Å². The molecule has 0 spiro atoms. The molecule has 0 aliphatic heterocycles. The third kappa shape index (κ3) is 1.81. The lowest BCUT2D eigenvalue weighted by molar-refractivity contribution is 1.48. The maximum Gasteiger partial charge on any atom is 0.0947 e. The van der Waals surface area contributed by atoms with Crippen molar-refractivity contribution in [3.63, 3.8) is 0 Å². The van der Waals surface area contributed by atoms with E-state index in [1.54, 1.807) is 18.2 Å². The highest BCUT2D eigenvalue weighted by Gasteiger charge is 2.00. The quantitative estimate of drug-likeness (QED) is 0.654. The summed E-state index contributed by atoms with van der Waals surface area (Å²) in [6.45, 7) is 0. The zero-order chi connectivity index (χ0) is 8.27. The molecule has 0 aliphatic rings. The first-order chi connectivity index (χ1) is 5.25. The van der Waals surface area contributed by atoms with Crippen molar-refractivity contribution < 1.29 is 0 Å². The number of hydrogen-bond acceptors (Lipinski definition) is 2. The molecule has 2 nitrogen and oxygen atoms in total. The van der Waals surface area contributed by atoms with Gasteiger partial charge in [0.25, 0.3) is 0 Å². The molecule has 56 valence electrons. The Bertz CT molecular complexity index is 316. The Morgan fingerprint density at radius 2 is 2.09 bits per heavy atom. The van der Waals surface area contributed by atoms with Crippen molar-refractivity contribution in [2.45, 2.75) is 0 Å². The van der Waals surface area contributed by atoms with Gasteiger partial charge >= 0.3 is 0 Å². The molecule has 1 aromatic rings. The SMILES string of the molecule is N=C=Nc1cccc(Cl)c1Cl. The van der Waals surface area contributed by atoms with Crippen molar-refractivity contribution in [1.82, 2.24) is 0 Å². The molecular weight excluding hydrogens is 183 g/mol. The topological polar surface area (TPSA) is 36.2 Å². The molecule has 0 saturated carbocycles. The molecule has 0 heterocycles. The maximum absolute atomic E-state index is 6.59. The highest BCUT2D eigenvalue weighted by Crippen LogP contribution is 2.30. The van der Waals surface area contributed by atoms with E-state index in [0.29, 0.717) is 15.7 Å². The van der Waals surface area contributed by atoms with E-state index in [1.165, 1.54) is 0 Å². The molecule has 0 unspecified atom stereocenters. The molecule has 0 fully saturated rings. The fourth-order valence-corrected chi connectivity index (χ4v) is 0.977. The number of aliphatic imine (C=N–C) groups is 1. The van der Waals surface area contributed by atoms with Crippen molar-refractivity contribution in [2.24, 2.45) is 4.99 Å². The van der Waals surface area contributed by atoms with Gasteiger partial charge in [-0.3, -0.25) is 0 Å². The van der Waals surface area contributed by atoms with Crippen LogP contribution in [0.5, 0.6) is 0 Å². The molecule has 11 heavy (non-hydrogen) atoms. The van der Waals surface area contributed by atoms with Crippen LogP contribution in [0.4, 0.5) is 5.69 Å². The Morgan fingerprint density at radius 1 is 1.36 bits per heavy atom. The normalized spacial score (nSPS) is 8.91. The van der Waals surface area contributed by atoms with Gasteiger partial charge in [-0.15, -0.1) is 0 Å². The van der Waals surface area contributed by atoms with E-state index < -0.39 is 0 Å². The molecule has 1 rings (SSSR count). The van der Waals surface area contributed by atoms with Crippen LogP contribution in [0, 0.1) is 5.41 Å². The number of halogens is 2. The monoisotopic (exact) mass is 186 g/mol. The van der Waals surface area contributed by atoms with E-state index in [2.05, 4.69) is 4.99 Å². The fourth-order valence-electron chi connectivity index (χ4n) is 0.639. The average molecular weight is 187 g/mol. The van der Waals surface area contributed by atoms with E-state index >= 15 is 0 Å². The first-order valence-electron chi connectivity index (χ1n) is 2.82. The molecular formula is C7H4Cl2N2. The summed E-state index contributed by atoms with van der Waals surface area (Å²) < 4.78 is 0. The lowest BCUT2D eigenvalue weighted by atomic mass is 10.3. The standard InChI is InChI=1S/C7H4Cl2N2/c8-5-2-1-3-6(7(5)9)11-4-10/h1-3,10H. The van der Waals surface area contributed by atoms with Gasteiger partial charge in [-0.05, 0) is 12.1 Å². The van der Waals surface area contributed by atoms with Crippen LogP contribution < -0.4 is 0 Å². The third-order valence-corrected chi connectivity index (χ3v) is 1.92. The molecule has 0 aromatic heterocycles. The summed E-state index contributed by atoms with van der Waals surface area (Å²) in [7, 11) is 0. The second-order valence-electron chi connectivity index (χ2n) is 1.80. The molecule has 1 aromatic carbocycles. The molecule has 0 radical (unpaired) electrons. The summed E-state index contributed by atoms with van der Waals surface area (Å²) >= 11 is 11.4. The van der Waals surface area contributed by atoms with Gasteiger partial charge in [0.05, 0.1) is 21.7 Å². The zero-order valence-corrected chi connectivity index (χ0v) is 6.95. The number of benzene rings is 1. The highest BCUT2D eigenvalue weighted by atomic mass is 35.5. The van der Waals surface area contributed by atoms with Gasteiger partial charge in [-0.1, -0.05) is 29.3 Å². The van der Waals surface area contributed by atoms with Crippen molar-refractivity contribution in [3.05, 3.63) is 28.2 Å². The largest absolute Gasteiger partial charge is 0.241 e. The minimum Gasteiger partial charge on any atom is -0.241 e. The lowest BCUT2D eigenvalue weighted by Crippen LogP contribution is -1.68. The number of rotatable bonds is 1. The van der Waals surface area contributed by atoms with E-state index in [9.17, 15) is 0 Å². The van der Waals surface area contributed by atoms with Crippen molar-refractivity contribution in [3.8, 4) is 0 Å². The molecule has 0 atom stereocenters. The summed E-state index contributed by atoms with van der Waals surface area (Å²) in [6.07, 6.45) is 0. The van der Waals surface area contributed by atoms with Crippen molar-refractivity contribution in [1.29, 1.82) is 5.41 Å². The van der Waals surface area contributed by atoms with E-state index in [0.717, 1.165) is 0 Å². The molecule has 4 heteroatoms. The molecule has 0 aliphatic carbocycles. The summed E-state index contributed by atoms with van der Waals surface area (Å²) in [5.41, 5.74) is 0.467. The van der Waals surface area contributed by atoms with Crippen LogP contribution in [0.3, 0.4) is 0 Å². The van der Waals surface area contributed by atoms with Gasteiger partial charge in [0.15, 0.2) is 0 Å². The summed E-state index contributed by atoms with van der Waals surface area (Å²) in [6, 6.07) is 6.92. The van der Waals surface area contributed by atoms with Crippen LogP contribution in [-0.4, -0.2) is 6.01 Å². The Morgan fingerprint density at radius 3 is 2.73 bits per heavy atom. The second kappa shape index (κ2) is 3.54. The first-order valence-corrected chi connectivity index (χ1v) is 3.58. The van der Waals surface area contributed by atoms with Gasteiger partial charge in [0.2, 0.25) is 0 Å². The Labute approximate surface area is 74.0 Å². The van der Waals surface area contributed by atoms with Gasteiger partial charge in [0, 0.05) is 0 Å². The van der Waals surface area contributed by atoms with E-state index in [-0.39, 0.29) is 0 Å². The Balaban J connectivity index is 3.26. The minimum atomic E-state index is 0.355. The molecule has 0 saturated heterocycles. The van der Waals surface area contributed by atoms with Gasteiger partial charge in [0.1, 0.15) is 0 Å². The van der Waals surface area contributed by atoms with Crippen molar-refractivity contribution in [2.75, 3.05) is 0 Å². The second-order valence-corrected chi connectivity index (χ2v) is 2.58. The minimum absolute atomic E-state index is 0.355. The van der Waals surface area contributed by atoms with Crippen LogP contribution in [0.25, 0.3) is 0 Å². The average Bonchev–Trinajstić information content (AvgIpc) is 1.99. The molecule has 0 bridgehead atoms. The smallest absolute Gasteiger partial charge is 0.0947 e. The van der Waals surface area contributed by atoms with Gasteiger partial charge in [-0.25, -0.2) is 5.41 Å². The van der Waals surface area contributed by atoms with Gasteiger partial charge in [-0.2, -0.15) is 4.99 Å². The summed E-state index contributed by atoms with van der Waals surface area (Å²) in [5.74, 6) is 0. The van der Waals surface area contributed by atoms with Gasteiger partial charge < -0.3 is 0 Å². The predicted molar refractivity (Wildman–Crippen MR) is 46.3 cm³/mol. The molecule has 1 N–H and O–H groups in total. The summed E-state index contributed by atoms with van der Waals surface area (Å²) in [4.78, 5) is 3.57. The summed E-state index contributed by atoms with van der Waals surface area (Å²) in [5, 5.41) is 7.38. The zero-order valence-electron chi connectivity index (χ0n) is 5.44. The van der Waals surface area contributed by atoms with Crippen LogP contribution in [0.2, 0.25) is 10.0 Å². The maximum atomic E-state index is 6.59. The van der Waals surface area contributed by atoms with Crippen LogP contribution in [-0.2, 0) is 0 Å². The Kier molecular flexibility index (Phi) is 2.66. The highest BCUT2D eigenvalue weighted by molar-refractivity contribution is 6.43. The Hall–Kier alpha value is -0.820. The lowest BCUT2D eigenvalue weighted by Gasteiger charge is -1.96. The third-order valence-electron chi connectivity index (χ3n) is 1.11. The number of hydrogen-bond donors (Lipinski definition) is 1. The van der Waals surface area contributed by atoms with E-state index in [4.69, 9.17) is 28.6 Å². The van der Waals surface area contributed by atoms with Crippen LogP contribution >= 0.6 is 23.2 Å².